The van der Waals surface area contributed by atoms with Gasteiger partial charge in [0.15, 0.2) is 0 Å². The van der Waals surface area contributed by atoms with Crippen molar-refractivity contribution in [1.82, 2.24) is 14.0 Å². The van der Waals surface area contributed by atoms with Crippen molar-refractivity contribution in [3.8, 4) is 17.0 Å². The first-order valence-electron chi connectivity index (χ1n) is 9.26. The molecule has 0 spiro atoms. The SMILES string of the molecule is Cn1c(O)cn(Cc2ccc(-c3cc(Cl)c4c(c3)CN(CC(F)(F)F)C4=O)cc2)c1=O. The van der Waals surface area contributed by atoms with Gasteiger partial charge in [0.25, 0.3) is 5.91 Å². The number of nitrogens with zero attached hydrogens (tertiary/aromatic N) is 3. The highest BCUT2D eigenvalue weighted by Crippen LogP contribution is 2.35. The Morgan fingerprint density at radius 2 is 1.77 bits per heavy atom. The van der Waals surface area contributed by atoms with Crippen LogP contribution in [0.3, 0.4) is 0 Å². The Labute approximate surface area is 179 Å². The molecule has 0 saturated carbocycles. The normalized spacial score (nSPS) is 13.7. The van der Waals surface area contributed by atoms with Crippen LogP contribution in [0.2, 0.25) is 5.02 Å². The summed E-state index contributed by atoms with van der Waals surface area (Å²) < 4.78 is 40.7. The second kappa shape index (κ2) is 7.49. The number of benzene rings is 2. The van der Waals surface area contributed by atoms with Crippen molar-refractivity contribution in [2.24, 2.45) is 7.05 Å². The molecule has 0 fully saturated rings. The summed E-state index contributed by atoms with van der Waals surface area (Å²) in [4.78, 5) is 25.1. The number of hydrogen-bond donors (Lipinski definition) is 1. The summed E-state index contributed by atoms with van der Waals surface area (Å²) in [5.74, 6) is -0.862. The van der Waals surface area contributed by atoms with Crippen LogP contribution in [0.15, 0.2) is 47.4 Å². The quantitative estimate of drug-likeness (QED) is 0.656. The molecule has 1 aliphatic heterocycles. The monoisotopic (exact) mass is 451 g/mol. The van der Waals surface area contributed by atoms with Gasteiger partial charge in [0.05, 0.1) is 23.3 Å². The first kappa shape index (κ1) is 21.0. The fourth-order valence-electron chi connectivity index (χ4n) is 3.66. The molecule has 0 unspecified atom stereocenters. The van der Waals surface area contributed by atoms with E-state index in [0.29, 0.717) is 11.1 Å². The number of carbonyl (C=O) groups is 1. The number of alkyl halides is 3. The van der Waals surface area contributed by atoms with E-state index in [1.165, 1.54) is 17.8 Å². The first-order chi connectivity index (χ1) is 14.5. The van der Waals surface area contributed by atoms with Crippen molar-refractivity contribution in [3.05, 3.63) is 74.8 Å². The van der Waals surface area contributed by atoms with Gasteiger partial charge in [-0.05, 0) is 34.4 Å². The molecule has 2 aromatic carbocycles. The highest BCUT2D eigenvalue weighted by Gasteiger charge is 2.38. The predicted octanol–water partition coefficient (Wildman–Crippen LogP) is 3.78. The molecule has 1 N–H and O–H groups in total. The van der Waals surface area contributed by atoms with Crippen molar-refractivity contribution < 1.29 is 23.1 Å². The van der Waals surface area contributed by atoms with E-state index >= 15 is 0 Å². The van der Waals surface area contributed by atoms with Crippen LogP contribution in [0.5, 0.6) is 5.88 Å². The zero-order valence-corrected chi connectivity index (χ0v) is 17.0. The van der Waals surface area contributed by atoms with Crippen LogP contribution >= 0.6 is 11.6 Å². The highest BCUT2D eigenvalue weighted by atomic mass is 35.5. The Morgan fingerprint density at radius 3 is 2.35 bits per heavy atom. The van der Waals surface area contributed by atoms with Gasteiger partial charge in [0.1, 0.15) is 6.54 Å². The van der Waals surface area contributed by atoms with Crippen molar-refractivity contribution >= 4 is 17.5 Å². The lowest BCUT2D eigenvalue weighted by Gasteiger charge is -2.17. The molecular weight excluding hydrogens is 435 g/mol. The second-order valence-corrected chi connectivity index (χ2v) is 7.83. The number of halogens is 4. The van der Waals surface area contributed by atoms with Gasteiger partial charge in [-0.3, -0.25) is 13.9 Å². The number of carbonyl (C=O) groups excluding carboxylic acids is 1. The Morgan fingerprint density at radius 1 is 1.10 bits per heavy atom. The molecule has 4 rings (SSSR count). The average Bonchev–Trinajstić information content (AvgIpc) is 3.12. The number of hydrogen-bond acceptors (Lipinski definition) is 3. The predicted molar refractivity (Wildman–Crippen MR) is 108 cm³/mol. The largest absolute Gasteiger partial charge is 0.493 e. The van der Waals surface area contributed by atoms with Crippen LogP contribution in [0.1, 0.15) is 21.5 Å². The standard InChI is InChI=1S/C21H17ClF3N3O3/c1-26-17(29)10-27(20(26)31)8-12-2-4-13(5-3-12)14-6-15-9-28(11-21(23,24)25)19(30)18(15)16(22)7-14/h2-7,10,29H,8-9,11H2,1H3. The minimum Gasteiger partial charge on any atom is -0.493 e. The molecule has 0 bridgehead atoms. The van der Waals surface area contributed by atoms with Crippen LogP contribution in [-0.4, -0.2) is 37.8 Å². The molecule has 1 amide bonds. The van der Waals surface area contributed by atoms with E-state index in [4.69, 9.17) is 11.6 Å². The summed E-state index contributed by atoms with van der Waals surface area (Å²) in [6.07, 6.45) is -3.14. The van der Waals surface area contributed by atoms with E-state index in [1.807, 2.05) is 0 Å². The third kappa shape index (κ3) is 4.05. The van der Waals surface area contributed by atoms with E-state index in [-0.39, 0.29) is 35.2 Å². The minimum atomic E-state index is -4.49. The molecule has 10 heteroatoms. The zero-order chi connectivity index (χ0) is 22.5. The molecule has 6 nitrogen and oxygen atoms in total. The van der Waals surface area contributed by atoms with E-state index < -0.39 is 18.6 Å². The topological polar surface area (TPSA) is 67.5 Å². The van der Waals surface area contributed by atoms with Crippen LogP contribution in [0, 0.1) is 0 Å². The third-order valence-corrected chi connectivity index (χ3v) is 5.49. The Bertz CT molecular complexity index is 1230. The molecule has 0 aliphatic carbocycles. The lowest BCUT2D eigenvalue weighted by atomic mass is 9.99. The Kier molecular flexibility index (Phi) is 5.09. The van der Waals surface area contributed by atoms with E-state index in [0.717, 1.165) is 20.6 Å². The molecule has 31 heavy (non-hydrogen) atoms. The maximum absolute atomic E-state index is 12.7. The van der Waals surface area contributed by atoms with Crippen molar-refractivity contribution in [2.75, 3.05) is 6.54 Å². The molecule has 0 atom stereocenters. The fourth-order valence-corrected chi connectivity index (χ4v) is 3.98. The maximum Gasteiger partial charge on any atom is 0.406 e. The van der Waals surface area contributed by atoms with E-state index in [2.05, 4.69) is 0 Å². The van der Waals surface area contributed by atoms with Gasteiger partial charge in [-0.15, -0.1) is 0 Å². The average molecular weight is 452 g/mol. The minimum absolute atomic E-state index is 0.106. The number of aromatic hydroxyl groups is 1. The summed E-state index contributed by atoms with van der Waals surface area (Å²) in [6, 6.07) is 10.4. The van der Waals surface area contributed by atoms with Crippen molar-refractivity contribution in [1.29, 1.82) is 0 Å². The molecule has 2 heterocycles. The van der Waals surface area contributed by atoms with E-state index in [9.17, 15) is 27.9 Å². The smallest absolute Gasteiger partial charge is 0.406 e. The van der Waals surface area contributed by atoms with Gasteiger partial charge in [0.2, 0.25) is 5.88 Å². The molecule has 1 aliphatic rings. The van der Waals surface area contributed by atoms with Gasteiger partial charge in [-0.1, -0.05) is 35.9 Å². The molecule has 3 aromatic rings. The zero-order valence-electron chi connectivity index (χ0n) is 16.3. The van der Waals surface area contributed by atoms with Gasteiger partial charge in [0, 0.05) is 13.6 Å². The molecule has 0 saturated heterocycles. The fraction of sp³-hybridized carbons (Fsp3) is 0.238. The van der Waals surface area contributed by atoms with Crippen LogP contribution in [0.25, 0.3) is 11.1 Å². The number of rotatable bonds is 4. The number of amides is 1. The summed E-state index contributed by atoms with van der Waals surface area (Å²) >= 11 is 6.24. The number of imidazole rings is 1. The third-order valence-electron chi connectivity index (χ3n) is 5.19. The molecular formula is C21H17ClF3N3O3. The summed E-state index contributed by atoms with van der Waals surface area (Å²) in [5, 5.41) is 9.74. The first-order valence-corrected chi connectivity index (χ1v) is 9.64. The van der Waals surface area contributed by atoms with Gasteiger partial charge >= 0.3 is 11.9 Å². The number of aromatic nitrogens is 2. The second-order valence-electron chi connectivity index (χ2n) is 7.42. The lowest BCUT2D eigenvalue weighted by Crippen LogP contribution is -2.34. The van der Waals surface area contributed by atoms with Crippen LogP contribution < -0.4 is 5.69 Å². The van der Waals surface area contributed by atoms with Crippen molar-refractivity contribution in [2.45, 2.75) is 19.3 Å². The van der Waals surface area contributed by atoms with Crippen LogP contribution in [-0.2, 0) is 20.1 Å². The summed E-state index contributed by atoms with van der Waals surface area (Å²) in [5.41, 5.74) is 2.46. The Hall–Kier alpha value is -3.20. The maximum atomic E-state index is 12.7. The summed E-state index contributed by atoms with van der Waals surface area (Å²) in [7, 11) is 1.47. The highest BCUT2D eigenvalue weighted by molar-refractivity contribution is 6.34. The molecule has 1 aromatic heterocycles. The lowest BCUT2D eigenvalue weighted by molar-refractivity contribution is -0.140. The number of fused-ring (bicyclic) bond motifs is 1. The Balaban J connectivity index is 1.58. The summed E-state index contributed by atoms with van der Waals surface area (Å²) in [6.45, 7) is -1.21. The van der Waals surface area contributed by atoms with Crippen LogP contribution in [0.4, 0.5) is 13.2 Å². The van der Waals surface area contributed by atoms with Gasteiger partial charge < -0.3 is 10.0 Å². The van der Waals surface area contributed by atoms with Crippen molar-refractivity contribution in [3.63, 3.8) is 0 Å². The van der Waals surface area contributed by atoms with E-state index in [1.54, 1.807) is 36.4 Å². The van der Waals surface area contributed by atoms with Gasteiger partial charge in [-0.25, -0.2) is 4.79 Å². The molecule has 0 radical (unpaired) electrons. The van der Waals surface area contributed by atoms with Gasteiger partial charge in [-0.2, -0.15) is 13.2 Å². The molecule has 162 valence electrons.